The van der Waals surface area contributed by atoms with E-state index in [-0.39, 0.29) is 5.91 Å². The van der Waals surface area contributed by atoms with E-state index in [4.69, 9.17) is 5.10 Å². The van der Waals surface area contributed by atoms with Gasteiger partial charge in [-0.1, -0.05) is 59.7 Å². The average Bonchev–Trinajstić information content (AvgIpc) is 3.08. The molecule has 0 spiro atoms. The molecule has 0 bridgehead atoms. The van der Waals surface area contributed by atoms with Crippen LogP contribution in [0.4, 0.5) is 0 Å². The Hall–Kier alpha value is -2.92. The Kier molecular flexibility index (Phi) is 6.26. The van der Waals surface area contributed by atoms with Crippen molar-refractivity contribution >= 4 is 5.91 Å². The highest BCUT2D eigenvalue weighted by Crippen LogP contribution is 2.23. The first kappa shape index (κ1) is 19.8. The molecule has 28 heavy (non-hydrogen) atoms. The van der Waals surface area contributed by atoms with Crippen molar-refractivity contribution < 1.29 is 4.79 Å². The summed E-state index contributed by atoms with van der Waals surface area (Å²) < 4.78 is 1.85. The standard InChI is InChI=1S/C23H28N4O/c1-17-5-9-19(10-6-17)15-27-16-21(23(28)24-13-14-26(3)4)22(25-27)20-11-7-18(2)8-12-20/h5-12,16H,13-15H2,1-4H3,(H,24,28). The summed E-state index contributed by atoms with van der Waals surface area (Å²) in [6, 6.07) is 16.5. The van der Waals surface area contributed by atoms with Crippen LogP contribution in [0.25, 0.3) is 11.3 Å². The minimum atomic E-state index is -0.0902. The molecule has 2 aromatic carbocycles. The molecule has 0 aliphatic carbocycles. The molecular weight excluding hydrogens is 348 g/mol. The summed E-state index contributed by atoms with van der Waals surface area (Å²) in [6.07, 6.45) is 1.85. The number of benzene rings is 2. The Balaban J connectivity index is 1.88. The largest absolute Gasteiger partial charge is 0.351 e. The van der Waals surface area contributed by atoms with Gasteiger partial charge in [0.2, 0.25) is 0 Å². The number of amides is 1. The SMILES string of the molecule is Cc1ccc(Cn2cc(C(=O)NCCN(C)C)c(-c3ccc(C)cc3)n2)cc1. The molecule has 1 heterocycles. The highest BCUT2D eigenvalue weighted by molar-refractivity contribution is 5.99. The molecule has 0 saturated carbocycles. The quantitative estimate of drug-likeness (QED) is 0.687. The van der Waals surface area contributed by atoms with Crippen molar-refractivity contribution in [3.05, 3.63) is 77.0 Å². The molecule has 0 aliphatic heterocycles. The zero-order valence-electron chi connectivity index (χ0n) is 17.1. The molecule has 1 amide bonds. The van der Waals surface area contributed by atoms with Crippen molar-refractivity contribution in [2.24, 2.45) is 0 Å². The van der Waals surface area contributed by atoms with Gasteiger partial charge in [-0.05, 0) is 33.5 Å². The smallest absolute Gasteiger partial charge is 0.255 e. The van der Waals surface area contributed by atoms with Crippen LogP contribution in [-0.4, -0.2) is 47.8 Å². The van der Waals surface area contributed by atoms with Gasteiger partial charge in [0.1, 0.15) is 5.69 Å². The zero-order valence-corrected chi connectivity index (χ0v) is 17.1. The van der Waals surface area contributed by atoms with Gasteiger partial charge in [-0.25, -0.2) is 0 Å². The summed E-state index contributed by atoms with van der Waals surface area (Å²) >= 11 is 0. The summed E-state index contributed by atoms with van der Waals surface area (Å²) in [6.45, 7) is 6.15. The first-order chi connectivity index (χ1) is 13.4. The lowest BCUT2D eigenvalue weighted by Crippen LogP contribution is -2.31. The number of carbonyl (C=O) groups is 1. The molecule has 0 aliphatic rings. The fourth-order valence-electron chi connectivity index (χ4n) is 2.96. The van der Waals surface area contributed by atoms with Crippen molar-refractivity contribution in [3.8, 4) is 11.3 Å². The van der Waals surface area contributed by atoms with Gasteiger partial charge in [0.15, 0.2) is 0 Å². The van der Waals surface area contributed by atoms with E-state index in [2.05, 4.69) is 43.4 Å². The van der Waals surface area contributed by atoms with Crippen molar-refractivity contribution in [3.63, 3.8) is 0 Å². The molecule has 5 heteroatoms. The number of rotatable bonds is 7. The molecule has 0 atom stereocenters. The number of aromatic nitrogens is 2. The predicted octanol–water partition coefficient (Wildman–Crippen LogP) is 3.51. The summed E-state index contributed by atoms with van der Waals surface area (Å²) in [4.78, 5) is 14.9. The van der Waals surface area contributed by atoms with Gasteiger partial charge in [-0.2, -0.15) is 5.10 Å². The molecular formula is C23H28N4O. The molecule has 0 saturated heterocycles. The molecule has 3 rings (SSSR count). The molecule has 0 radical (unpaired) electrons. The molecule has 5 nitrogen and oxygen atoms in total. The molecule has 0 fully saturated rings. The Bertz CT molecular complexity index is 924. The summed E-state index contributed by atoms with van der Waals surface area (Å²) in [5.41, 5.74) is 5.84. The van der Waals surface area contributed by atoms with Crippen LogP contribution in [0.1, 0.15) is 27.0 Å². The Morgan fingerprint density at radius 1 is 1.00 bits per heavy atom. The normalized spacial score (nSPS) is 11.0. The summed E-state index contributed by atoms with van der Waals surface area (Å²) in [5.74, 6) is -0.0902. The van der Waals surface area contributed by atoms with Crippen molar-refractivity contribution in [1.29, 1.82) is 0 Å². The Morgan fingerprint density at radius 2 is 1.61 bits per heavy atom. The van der Waals surface area contributed by atoms with Crippen LogP contribution in [0.5, 0.6) is 0 Å². The third kappa shape index (κ3) is 5.08. The van der Waals surface area contributed by atoms with Gasteiger partial charge in [-0.3, -0.25) is 9.48 Å². The van der Waals surface area contributed by atoms with Crippen molar-refractivity contribution in [2.75, 3.05) is 27.2 Å². The zero-order chi connectivity index (χ0) is 20.1. The first-order valence-corrected chi connectivity index (χ1v) is 9.55. The van der Waals surface area contributed by atoms with Gasteiger partial charge >= 0.3 is 0 Å². The minimum absolute atomic E-state index is 0.0902. The van der Waals surface area contributed by atoms with Gasteiger partial charge < -0.3 is 10.2 Å². The van der Waals surface area contributed by atoms with E-state index in [0.29, 0.717) is 18.7 Å². The highest BCUT2D eigenvalue weighted by Gasteiger charge is 2.18. The molecule has 3 aromatic rings. The number of nitrogens with one attached hydrogen (secondary N) is 1. The second-order valence-corrected chi connectivity index (χ2v) is 7.50. The Labute approximate surface area is 167 Å². The van der Waals surface area contributed by atoms with Crippen molar-refractivity contribution in [1.82, 2.24) is 20.0 Å². The monoisotopic (exact) mass is 376 g/mol. The van der Waals surface area contributed by atoms with Crippen LogP contribution < -0.4 is 5.32 Å². The lowest BCUT2D eigenvalue weighted by atomic mass is 10.1. The third-order valence-electron chi connectivity index (χ3n) is 4.64. The van der Waals surface area contributed by atoms with E-state index < -0.39 is 0 Å². The van der Waals surface area contributed by atoms with Crippen LogP contribution in [-0.2, 0) is 6.54 Å². The van der Waals surface area contributed by atoms with Crippen LogP contribution in [0.2, 0.25) is 0 Å². The predicted molar refractivity (Wildman–Crippen MR) is 114 cm³/mol. The van der Waals surface area contributed by atoms with E-state index in [0.717, 1.165) is 23.4 Å². The van der Waals surface area contributed by atoms with Crippen LogP contribution >= 0.6 is 0 Å². The van der Waals surface area contributed by atoms with Gasteiger partial charge in [0.05, 0.1) is 12.1 Å². The Morgan fingerprint density at radius 3 is 2.21 bits per heavy atom. The number of nitrogens with zero attached hydrogens (tertiary/aromatic N) is 3. The van der Waals surface area contributed by atoms with Gasteiger partial charge in [0.25, 0.3) is 5.91 Å². The number of carbonyl (C=O) groups excluding carboxylic acids is 1. The number of hydrogen-bond donors (Lipinski definition) is 1. The molecule has 0 unspecified atom stereocenters. The van der Waals surface area contributed by atoms with Gasteiger partial charge in [0, 0.05) is 24.8 Å². The number of likely N-dealkylation sites (N-methyl/N-ethyl adjacent to an activating group) is 1. The topological polar surface area (TPSA) is 50.2 Å². The fraction of sp³-hybridized carbons (Fsp3) is 0.304. The first-order valence-electron chi connectivity index (χ1n) is 9.55. The van der Waals surface area contributed by atoms with E-state index >= 15 is 0 Å². The minimum Gasteiger partial charge on any atom is -0.351 e. The fourth-order valence-corrected chi connectivity index (χ4v) is 2.96. The molecule has 1 aromatic heterocycles. The van der Waals surface area contributed by atoms with E-state index in [1.54, 1.807) is 0 Å². The maximum absolute atomic E-state index is 12.8. The lowest BCUT2D eigenvalue weighted by Gasteiger charge is -2.10. The summed E-state index contributed by atoms with van der Waals surface area (Å²) in [7, 11) is 3.98. The second kappa shape index (κ2) is 8.85. The second-order valence-electron chi connectivity index (χ2n) is 7.50. The molecule has 146 valence electrons. The van der Waals surface area contributed by atoms with Crippen LogP contribution in [0.15, 0.2) is 54.7 Å². The maximum Gasteiger partial charge on any atom is 0.255 e. The number of aryl methyl sites for hydroxylation is 2. The lowest BCUT2D eigenvalue weighted by molar-refractivity contribution is 0.0951. The van der Waals surface area contributed by atoms with E-state index in [1.807, 2.05) is 54.1 Å². The van der Waals surface area contributed by atoms with Crippen LogP contribution in [0, 0.1) is 13.8 Å². The average molecular weight is 377 g/mol. The van der Waals surface area contributed by atoms with E-state index in [9.17, 15) is 4.79 Å². The third-order valence-corrected chi connectivity index (χ3v) is 4.64. The highest BCUT2D eigenvalue weighted by atomic mass is 16.1. The molecule has 1 N–H and O–H groups in total. The van der Waals surface area contributed by atoms with Crippen molar-refractivity contribution in [2.45, 2.75) is 20.4 Å². The maximum atomic E-state index is 12.8. The van der Waals surface area contributed by atoms with Crippen LogP contribution in [0.3, 0.4) is 0 Å². The van der Waals surface area contributed by atoms with Gasteiger partial charge in [-0.15, -0.1) is 0 Å². The summed E-state index contributed by atoms with van der Waals surface area (Å²) in [5, 5.41) is 7.74. The van der Waals surface area contributed by atoms with E-state index in [1.165, 1.54) is 11.1 Å². The number of hydrogen-bond acceptors (Lipinski definition) is 3.